The lowest BCUT2D eigenvalue weighted by Gasteiger charge is -2.38. The number of aryl methyl sites for hydroxylation is 1. The molecule has 1 aromatic carbocycles. The molecule has 1 aliphatic rings. The summed E-state index contributed by atoms with van der Waals surface area (Å²) < 4.78 is 5.40. The summed E-state index contributed by atoms with van der Waals surface area (Å²) in [5.41, 5.74) is 8.61. The number of nitriles is 1. The Balaban J connectivity index is 2.20. The zero-order valence-electron chi connectivity index (χ0n) is 11.5. The van der Waals surface area contributed by atoms with Gasteiger partial charge in [-0.05, 0) is 19.4 Å². The van der Waals surface area contributed by atoms with Crippen LogP contribution in [0.3, 0.4) is 0 Å². The summed E-state index contributed by atoms with van der Waals surface area (Å²) in [6, 6.07) is 10.8. The summed E-state index contributed by atoms with van der Waals surface area (Å²) >= 11 is 0. The minimum atomic E-state index is -0.347. The van der Waals surface area contributed by atoms with E-state index in [1.165, 1.54) is 11.1 Å². The molecule has 0 saturated carbocycles. The fourth-order valence-electron chi connectivity index (χ4n) is 2.61. The van der Waals surface area contributed by atoms with Gasteiger partial charge in [-0.3, -0.25) is 4.90 Å². The van der Waals surface area contributed by atoms with Gasteiger partial charge in [0.15, 0.2) is 6.10 Å². The van der Waals surface area contributed by atoms with E-state index < -0.39 is 0 Å². The van der Waals surface area contributed by atoms with Crippen molar-refractivity contribution in [3.63, 3.8) is 0 Å². The number of morpholine rings is 1. The van der Waals surface area contributed by atoms with Gasteiger partial charge in [-0.15, -0.1) is 0 Å². The van der Waals surface area contributed by atoms with Crippen LogP contribution in [0.4, 0.5) is 0 Å². The van der Waals surface area contributed by atoms with Crippen LogP contribution in [0.5, 0.6) is 0 Å². The van der Waals surface area contributed by atoms with Crippen LogP contribution in [0.2, 0.25) is 0 Å². The molecule has 1 heterocycles. The largest absolute Gasteiger partial charge is 0.361 e. The Morgan fingerprint density at radius 3 is 2.68 bits per heavy atom. The summed E-state index contributed by atoms with van der Waals surface area (Å²) in [5, 5.41) is 9.00. The number of hydrogen-bond donors (Lipinski definition) is 1. The molecule has 1 fully saturated rings. The Labute approximate surface area is 114 Å². The molecule has 2 N–H and O–H groups in total. The van der Waals surface area contributed by atoms with Crippen LogP contribution in [0.1, 0.15) is 24.1 Å². The number of nitrogens with two attached hydrogens (primary N) is 1. The summed E-state index contributed by atoms with van der Waals surface area (Å²) in [4.78, 5) is 2.26. The fraction of sp³-hybridized carbons (Fsp3) is 0.533. The summed E-state index contributed by atoms with van der Waals surface area (Å²) in [6.45, 7) is 6.12. The molecule has 0 aromatic heterocycles. The molecule has 4 heteroatoms. The van der Waals surface area contributed by atoms with Gasteiger partial charge in [0.2, 0.25) is 0 Å². The van der Waals surface area contributed by atoms with Crippen LogP contribution in [-0.2, 0) is 4.74 Å². The smallest absolute Gasteiger partial charge is 0.156 e. The van der Waals surface area contributed by atoms with Crippen molar-refractivity contribution in [2.75, 3.05) is 19.7 Å². The maximum absolute atomic E-state index is 9.00. The first-order valence-corrected chi connectivity index (χ1v) is 6.69. The number of nitrogens with zero attached hydrogens (tertiary/aromatic N) is 2. The number of rotatable bonds is 3. The average Bonchev–Trinajstić information content (AvgIpc) is 2.41. The highest BCUT2D eigenvalue weighted by molar-refractivity contribution is 5.25. The van der Waals surface area contributed by atoms with Crippen molar-refractivity contribution in [2.24, 2.45) is 5.73 Å². The number of ether oxygens (including phenoxy) is 1. The first-order valence-electron chi connectivity index (χ1n) is 6.69. The maximum atomic E-state index is 9.00. The van der Waals surface area contributed by atoms with Crippen molar-refractivity contribution in [1.82, 2.24) is 4.90 Å². The van der Waals surface area contributed by atoms with Gasteiger partial charge in [-0.25, -0.2) is 0 Å². The molecule has 1 saturated heterocycles. The molecule has 0 radical (unpaired) electrons. The van der Waals surface area contributed by atoms with Gasteiger partial charge in [0, 0.05) is 25.2 Å². The van der Waals surface area contributed by atoms with Gasteiger partial charge >= 0.3 is 0 Å². The molecule has 0 aliphatic carbocycles. The van der Waals surface area contributed by atoms with Crippen molar-refractivity contribution < 1.29 is 4.74 Å². The molecule has 0 spiro atoms. The van der Waals surface area contributed by atoms with Crippen LogP contribution >= 0.6 is 0 Å². The third kappa shape index (κ3) is 3.32. The molecule has 102 valence electrons. The molecule has 4 nitrogen and oxygen atoms in total. The molecule has 19 heavy (non-hydrogen) atoms. The van der Waals surface area contributed by atoms with E-state index in [0.717, 1.165) is 6.54 Å². The van der Waals surface area contributed by atoms with Crippen LogP contribution in [-0.4, -0.2) is 36.7 Å². The minimum absolute atomic E-state index is 0.0140. The SMILES string of the molecule is Cc1ccc(C(C(C)N)N2CCOC(C#N)C2)cc1. The number of benzene rings is 1. The van der Waals surface area contributed by atoms with Crippen molar-refractivity contribution in [3.8, 4) is 6.07 Å². The number of hydrogen-bond acceptors (Lipinski definition) is 4. The lowest BCUT2D eigenvalue weighted by Crippen LogP contribution is -2.48. The predicted molar refractivity (Wildman–Crippen MR) is 74.5 cm³/mol. The van der Waals surface area contributed by atoms with Crippen LogP contribution in [0, 0.1) is 18.3 Å². The van der Waals surface area contributed by atoms with E-state index in [2.05, 4.69) is 42.2 Å². The zero-order valence-corrected chi connectivity index (χ0v) is 11.5. The van der Waals surface area contributed by atoms with E-state index >= 15 is 0 Å². The molecule has 1 aliphatic heterocycles. The van der Waals surface area contributed by atoms with E-state index in [1.54, 1.807) is 0 Å². The summed E-state index contributed by atoms with van der Waals surface area (Å²) in [5.74, 6) is 0. The Morgan fingerprint density at radius 2 is 2.11 bits per heavy atom. The molecule has 1 aromatic rings. The van der Waals surface area contributed by atoms with Crippen molar-refractivity contribution in [1.29, 1.82) is 5.26 Å². The van der Waals surface area contributed by atoms with E-state index in [1.807, 2.05) is 6.92 Å². The standard InChI is InChI=1S/C15H21N3O/c1-11-3-5-13(6-4-11)15(12(2)17)18-7-8-19-14(9-16)10-18/h3-6,12,14-15H,7-8,10,17H2,1-2H3. The third-order valence-corrected chi connectivity index (χ3v) is 3.55. The van der Waals surface area contributed by atoms with Crippen molar-refractivity contribution >= 4 is 0 Å². The zero-order chi connectivity index (χ0) is 13.8. The Hall–Kier alpha value is -1.41. The first-order chi connectivity index (χ1) is 9.11. The second-order valence-corrected chi connectivity index (χ2v) is 5.20. The van der Waals surface area contributed by atoms with E-state index in [9.17, 15) is 0 Å². The second kappa shape index (κ2) is 6.16. The Morgan fingerprint density at radius 1 is 1.42 bits per heavy atom. The molecule has 0 amide bonds. The quantitative estimate of drug-likeness (QED) is 0.895. The molecular formula is C15H21N3O. The lowest BCUT2D eigenvalue weighted by molar-refractivity contribution is -0.0210. The molecule has 2 rings (SSSR count). The molecule has 3 unspecified atom stereocenters. The molecular weight excluding hydrogens is 238 g/mol. The van der Waals surface area contributed by atoms with Gasteiger partial charge in [-0.1, -0.05) is 29.8 Å². The van der Waals surface area contributed by atoms with Crippen molar-refractivity contribution in [2.45, 2.75) is 32.0 Å². The van der Waals surface area contributed by atoms with Gasteiger partial charge < -0.3 is 10.5 Å². The van der Waals surface area contributed by atoms with E-state index in [4.69, 9.17) is 15.7 Å². The van der Waals surface area contributed by atoms with Crippen LogP contribution in [0.15, 0.2) is 24.3 Å². The second-order valence-electron chi connectivity index (χ2n) is 5.20. The third-order valence-electron chi connectivity index (χ3n) is 3.55. The monoisotopic (exact) mass is 259 g/mol. The topological polar surface area (TPSA) is 62.3 Å². The maximum Gasteiger partial charge on any atom is 0.156 e. The highest BCUT2D eigenvalue weighted by atomic mass is 16.5. The predicted octanol–water partition coefficient (Wildman–Crippen LogP) is 1.61. The first kappa shape index (κ1) is 14.0. The van der Waals surface area contributed by atoms with Crippen LogP contribution in [0.25, 0.3) is 0 Å². The fourth-order valence-corrected chi connectivity index (χ4v) is 2.61. The van der Waals surface area contributed by atoms with E-state index in [0.29, 0.717) is 13.2 Å². The lowest BCUT2D eigenvalue weighted by atomic mass is 9.97. The van der Waals surface area contributed by atoms with Gasteiger partial charge in [0.05, 0.1) is 12.7 Å². The molecule has 0 bridgehead atoms. The van der Waals surface area contributed by atoms with E-state index in [-0.39, 0.29) is 18.2 Å². The molecule has 3 atom stereocenters. The van der Waals surface area contributed by atoms with Crippen LogP contribution < -0.4 is 5.73 Å². The summed E-state index contributed by atoms with van der Waals surface area (Å²) in [6.07, 6.45) is -0.347. The Bertz CT molecular complexity index is 449. The summed E-state index contributed by atoms with van der Waals surface area (Å²) in [7, 11) is 0. The van der Waals surface area contributed by atoms with Crippen molar-refractivity contribution in [3.05, 3.63) is 35.4 Å². The minimum Gasteiger partial charge on any atom is -0.361 e. The normalized spacial score (nSPS) is 23.6. The highest BCUT2D eigenvalue weighted by Crippen LogP contribution is 2.25. The highest BCUT2D eigenvalue weighted by Gasteiger charge is 2.29. The van der Waals surface area contributed by atoms with Gasteiger partial charge in [0.1, 0.15) is 0 Å². The Kier molecular flexibility index (Phi) is 4.54. The average molecular weight is 259 g/mol. The van der Waals surface area contributed by atoms with Gasteiger partial charge in [0.25, 0.3) is 0 Å². The van der Waals surface area contributed by atoms with Gasteiger partial charge in [-0.2, -0.15) is 5.26 Å².